The molecule has 31 heavy (non-hydrogen) atoms. The zero-order valence-electron chi connectivity index (χ0n) is 16.6. The van der Waals surface area contributed by atoms with E-state index in [0.717, 1.165) is 34.0 Å². The number of nitrogens with zero attached hydrogens (tertiary/aromatic N) is 6. The molecule has 2 heterocycles. The Morgan fingerprint density at radius 3 is 2.45 bits per heavy atom. The minimum Gasteiger partial charge on any atom is -0.508 e. The predicted octanol–water partition coefficient (Wildman–Crippen LogP) is 4.01. The number of aromatic nitrogens is 6. The van der Waals surface area contributed by atoms with Gasteiger partial charge in [0.15, 0.2) is 0 Å². The van der Waals surface area contributed by atoms with Crippen LogP contribution in [0.25, 0.3) is 22.4 Å². The van der Waals surface area contributed by atoms with Crippen LogP contribution in [0.2, 0.25) is 0 Å². The normalized spacial score (nSPS) is 11.1. The molecule has 0 aliphatic carbocycles. The molecule has 0 atom stereocenters. The Bertz CT molecular complexity index is 1330. The quantitative estimate of drug-likeness (QED) is 0.407. The number of rotatable bonds is 6. The number of aromatic hydroxyl groups is 1. The lowest BCUT2D eigenvalue weighted by atomic mass is 10.2. The number of ether oxygens (including phenoxy) is 1. The maximum atomic E-state index is 9.53. The molecule has 3 aromatic carbocycles. The Hall–Kier alpha value is -3.85. The van der Waals surface area contributed by atoms with Crippen LogP contribution in [0.3, 0.4) is 0 Å². The summed E-state index contributed by atoms with van der Waals surface area (Å²) in [5.41, 5.74) is 3.73. The van der Waals surface area contributed by atoms with E-state index in [9.17, 15) is 5.11 Å². The molecule has 0 radical (unpaired) electrons. The number of para-hydroxylation sites is 2. The number of fused-ring (bicyclic) bond motifs is 1. The molecule has 0 amide bonds. The molecule has 0 unspecified atom stereocenters. The molecule has 0 aliphatic heterocycles. The van der Waals surface area contributed by atoms with Crippen LogP contribution < -0.4 is 4.74 Å². The highest BCUT2D eigenvalue weighted by molar-refractivity contribution is 7.98. The maximum Gasteiger partial charge on any atom is 0.214 e. The molecule has 5 rings (SSSR count). The standard InChI is InChI=1S/C22H18N6O2S/c1-30-18-12-8-15(9-13-18)27-20-5-3-2-4-19(20)23-21(27)14-31-22-24-25-26-28(22)16-6-10-17(29)11-7-16/h2-13,29H,14H2,1H3. The molecule has 0 saturated heterocycles. The molecule has 0 fully saturated rings. The fourth-order valence-corrected chi connectivity index (χ4v) is 4.16. The number of phenolic OH excluding ortho intramolecular Hbond substituents is 1. The van der Waals surface area contributed by atoms with Crippen molar-refractivity contribution in [2.24, 2.45) is 0 Å². The van der Waals surface area contributed by atoms with Gasteiger partial charge in [0.25, 0.3) is 0 Å². The smallest absolute Gasteiger partial charge is 0.214 e. The van der Waals surface area contributed by atoms with Crippen molar-refractivity contribution in [1.29, 1.82) is 0 Å². The number of methoxy groups -OCH3 is 1. The van der Waals surface area contributed by atoms with Crippen molar-refractivity contribution in [2.45, 2.75) is 10.9 Å². The van der Waals surface area contributed by atoms with Crippen molar-refractivity contribution in [3.05, 3.63) is 78.6 Å². The fraction of sp³-hybridized carbons (Fsp3) is 0.0909. The lowest BCUT2D eigenvalue weighted by Crippen LogP contribution is -2.02. The highest BCUT2D eigenvalue weighted by Gasteiger charge is 2.15. The zero-order chi connectivity index (χ0) is 21.2. The average molecular weight is 430 g/mol. The summed E-state index contributed by atoms with van der Waals surface area (Å²) >= 11 is 1.49. The SMILES string of the molecule is COc1ccc(-n2c(CSc3nnnn3-c3ccc(O)cc3)nc3ccccc32)cc1. The lowest BCUT2D eigenvalue weighted by Gasteiger charge is -2.10. The van der Waals surface area contributed by atoms with Gasteiger partial charge in [0.05, 0.1) is 29.6 Å². The van der Waals surface area contributed by atoms with Gasteiger partial charge >= 0.3 is 0 Å². The zero-order valence-corrected chi connectivity index (χ0v) is 17.4. The number of phenols is 1. The van der Waals surface area contributed by atoms with Crippen molar-refractivity contribution in [3.8, 4) is 22.9 Å². The van der Waals surface area contributed by atoms with Gasteiger partial charge in [-0.25, -0.2) is 4.98 Å². The second-order valence-corrected chi connectivity index (χ2v) is 7.67. The summed E-state index contributed by atoms with van der Waals surface area (Å²) in [4.78, 5) is 4.85. The van der Waals surface area contributed by atoms with Crippen LogP contribution in [0.4, 0.5) is 0 Å². The fourth-order valence-electron chi connectivity index (χ4n) is 3.35. The third-order valence-corrected chi connectivity index (χ3v) is 5.74. The van der Waals surface area contributed by atoms with Gasteiger partial charge in [0.1, 0.15) is 17.3 Å². The molecular weight excluding hydrogens is 412 g/mol. The van der Waals surface area contributed by atoms with Crippen LogP contribution in [-0.4, -0.2) is 42.0 Å². The Morgan fingerprint density at radius 1 is 0.935 bits per heavy atom. The van der Waals surface area contributed by atoms with Crippen molar-refractivity contribution in [2.75, 3.05) is 7.11 Å². The summed E-state index contributed by atoms with van der Waals surface area (Å²) in [5, 5.41) is 22.2. The molecule has 9 heteroatoms. The molecule has 154 valence electrons. The van der Waals surface area contributed by atoms with Gasteiger partial charge in [-0.2, -0.15) is 4.68 Å². The van der Waals surface area contributed by atoms with Crippen LogP contribution in [0.15, 0.2) is 78.0 Å². The molecule has 2 aromatic heterocycles. The maximum absolute atomic E-state index is 9.53. The number of benzene rings is 3. The van der Waals surface area contributed by atoms with Crippen LogP contribution in [0.1, 0.15) is 5.82 Å². The van der Waals surface area contributed by atoms with Crippen molar-refractivity contribution in [3.63, 3.8) is 0 Å². The molecule has 0 bridgehead atoms. The summed E-state index contributed by atoms with van der Waals surface area (Å²) in [6, 6.07) is 22.7. The summed E-state index contributed by atoms with van der Waals surface area (Å²) in [5.74, 6) is 2.45. The molecule has 0 spiro atoms. The van der Waals surface area contributed by atoms with E-state index < -0.39 is 0 Å². The summed E-state index contributed by atoms with van der Waals surface area (Å²) in [6.07, 6.45) is 0. The van der Waals surface area contributed by atoms with Gasteiger partial charge in [0, 0.05) is 5.69 Å². The Morgan fingerprint density at radius 2 is 1.68 bits per heavy atom. The van der Waals surface area contributed by atoms with E-state index in [1.165, 1.54) is 11.8 Å². The second-order valence-electron chi connectivity index (χ2n) is 6.73. The molecule has 8 nitrogen and oxygen atoms in total. The molecular formula is C22H18N6O2S. The first-order chi connectivity index (χ1) is 15.2. The Balaban J connectivity index is 1.49. The summed E-state index contributed by atoms with van der Waals surface area (Å²) in [6.45, 7) is 0. The molecule has 0 aliphatic rings. The predicted molar refractivity (Wildman–Crippen MR) is 118 cm³/mol. The number of thioether (sulfide) groups is 1. The van der Waals surface area contributed by atoms with E-state index in [2.05, 4.69) is 26.2 Å². The number of imidazole rings is 1. The summed E-state index contributed by atoms with van der Waals surface area (Å²) in [7, 11) is 1.65. The van der Waals surface area contributed by atoms with Crippen molar-refractivity contribution >= 4 is 22.8 Å². The highest BCUT2D eigenvalue weighted by Crippen LogP contribution is 2.28. The monoisotopic (exact) mass is 430 g/mol. The number of tetrazole rings is 1. The third kappa shape index (κ3) is 3.71. The topological polar surface area (TPSA) is 90.9 Å². The first-order valence-electron chi connectivity index (χ1n) is 9.54. The van der Waals surface area contributed by atoms with Gasteiger partial charge < -0.3 is 9.84 Å². The van der Waals surface area contributed by atoms with E-state index in [0.29, 0.717) is 10.9 Å². The van der Waals surface area contributed by atoms with Crippen LogP contribution in [0.5, 0.6) is 11.5 Å². The Kier molecular flexibility index (Phi) is 5.01. The summed E-state index contributed by atoms with van der Waals surface area (Å²) < 4.78 is 9.07. The highest BCUT2D eigenvalue weighted by atomic mass is 32.2. The van der Waals surface area contributed by atoms with Crippen molar-refractivity contribution in [1.82, 2.24) is 29.8 Å². The van der Waals surface area contributed by atoms with Gasteiger partial charge in [0.2, 0.25) is 5.16 Å². The van der Waals surface area contributed by atoms with E-state index in [1.807, 2.05) is 42.5 Å². The van der Waals surface area contributed by atoms with E-state index in [4.69, 9.17) is 9.72 Å². The molecule has 1 N–H and O–H groups in total. The second kappa shape index (κ2) is 8.11. The lowest BCUT2D eigenvalue weighted by molar-refractivity contribution is 0.414. The largest absolute Gasteiger partial charge is 0.508 e. The van der Waals surface area contributed by atoms with Crippen LogP contribution in [0, 0.1) is 0 Å². The van der Waals surface area contributed by atoms with E-state index in [1.54, 1.807) is 36.1 Å². The Labute approximate surface area is 182 Å². The average Bonchev–Trinajstić information content (AvgIpc) is 3.42. The first kappa shape index (κ1) is 19.1. The minimum atomic E-state index is 0.194. The van der Waals surface area contributed by atoms with Crippen LogP contribution in [-0.2, 0) is 5.75 Å². The number of hydrogen-bond donors (Lipinski definition) is 1. The van der Waals surface area contributed by atoms with Gasteiger partial charge in [-0.05, 0) is 71.1 Å². The van der Waals surface area contributed by atoms with Crippen LogP contribution >= 0.6 is 11.8 Å². The van der Waals surface area contributed by atoms with Gasteiger partial charge in [-0.1, -0.05) is 23.9 Å². The van der Waals surface area contributed by atoms with Crippen molar-refractivity contribution < 1.29 is 9.84 Å². The first-order valence-corrected chi connectivity index (χ1v) is 10.5. The van der Waals surface area contributed by atoms with E-state index >= 15 is 0 Å². The number of hydrogen-bond acceptors (Lipinski definition) is 7. The minimum absolute atomic E-state index is 0.194. The van der Waals surface area contributed by atoms with E-state index in [-0.39, 0.29) is 5.75 Å². The van der Waals surface area contributed by atoms with Gasteiger partial charge in [-0.3, -0.25) is 4.57 Å². The molecule has 5 aromatic rings. The molecule has 0 saturated carbocycles. The van der Waals surface area contributed by atoms with Gasteiger partial charge in [-0.15, -0.1) is 5.10 Å². The third-order valence-electron chi connectivity index (χ3n) is 4.83.